The van der Waals surface area contributed by atoms with Crippen LogP contribution in [0.2, 0.25) is 0 Å². The van der Waals surface area contributed by atoms with Crippen molar-refractivity contribution in [2.24, 2.45) is 0 Å². The molecular weight excluding hydrogens is 282 g/mol. The van der Waals surface area contributed by atoms with Gasteiger partial charge in [-0.05, 0) is 29.8 Å². The van der Waals surface area contributed by atoms with E-state index in [0.717, 1.165) is 11.3 Å². The Labute approximate surface area is 126 Å². The molecule has 0 radical (unpaired) electrons. The number of amides is 1. The van der Waals surface area contributed by atoms with Crippen LogP contribution in [0.25, 0.3) is 11.1 Å². The minimum absolute atomic E-state index is 0.291. The van der Waals surface area contributed by atoms with E-state index in [4.69, 9.17) is 9.26 Å². The normalized spacial score (nSPS) is 10.2. The summed E-state index contributed by atoms with van der Waals surface area (Å²) in [6, 6.07) is 10.8. The third-order valence-corrected chi connectivity index (χ3v) is 3.12. The molecule has 1 N–H and O–H groups in total. The molecule has 0 atom stereocenters. The van der Waals surface area contributed by atoms with Gasteiger partial charge in [0.1, 0.15) is 5.75 Å². The van der Waals surface area contributed by atoms with E-state index in [9.17, 15) is 4.79 Å². The van der Waals surface area contributed by atoms with Gasteiger partial charge in [-0.2, -0.15) is 0 Å². The fraction of sp³-hybridized carbons (Fsp3) is 0.0625. The maximum Gasteiger partial charge on any atom is 0.259 e. The number of carbonyl (C=O) groups excluding carboxylic acids is 1. The van der Waals surface area contributed by atoms with Crippen molar-refractivity contribution in [3.8, 4) is 16.9 Å². The monoisotopic (exact) mass is 295 g/mol. The first-order valence-electron chi connectivity index (χ1n) is 6.58. The molecule has 110 valence electrons. The van der Waals surface area contributed by atoms with Gasteiger partial charge in [0.2, 0.25) is 5.88 Å². The zero-order valence-corrected chi connectivity index (χ0v) is 11.8. The van der Waals surface area contributed by atoms with Gasteiger partial charge in [-0.3, -0.25) is 15.1 Å². The van der Waals surface area contributed by atoms with Gasteiger partial charge in [0.05, 0.1) is 24.4 Å². The molecule has 0 aliphatic heterocycles. The Bertz CT molecular complexity index is 767. The third kappa shape index (κ3) is 2.80. The van der Waals surface area contributed by atoms with E-state index in [2.05, 4.69) is 15.5 Å². The van der Waals surface area contributed by atoms with Gasteiger partial charge in [-0.1, -0.05) is 17.3 Å². The number of ether oxygens (including phenoxy) is 1. The minimum Gasteiger partial charge on any atom is -0.497 e. The number of benzene rings is 1. The lowest BCUT2D eigenvalue weighted by atomic mass is 10.1. The molecule has 0 bridgehead atoms. The fourth-order valence-corrected chi connectivity index (χ4v) is 1.98. The van der Waals surface area contributed by atoms with E-state index < -0.39 is 0 Å². The molecular formula is C16H13N3O3. The molecule has 0 spiro atoms. The number of rotatable bonds is 4. The molecule has 0 saturated carbocycles. The van der Waals surface area contributed by atoms with E-state index in [1.54, 1.807) is 31.6 Å². The lowest BCUT2D eigenvalue weighted by Gasteiger charge is -2.05. The summed E-state index contributed by atoms with van der Waals surface area (Å²) in [5, 5.41) is 6.45. The molecule has 22 heavy (non-hydrogen) atoms. The molecule has 2 aromatic heterocycles. The van der Waals surface area contributed by atoms with Gasteiger partial charge in [-0.25, -0.2) is 0 Å². The van der Waals surface area contributed by atoms with Crippen LogP contribution in [0.5, 0.6) is 5.75 Å². The Kier molecular flexibility index (Phi) is 3.82. The molecule has 3 rings (SSSR count). The predicted molar refractivity (Wildman–Crippen MR) is 80.7 cm³/mol. The van der Waals surface area contributed by atoms with Crippen LogP contribution in [0.15, 0.2) is 59.5 Å². The first kappa shape index (κ1) is 13.8. The molecule has 0 unspecified atom stereocenters. The Balaban J connectivity index is 1.84. The second-order valence-corrected chi connectivity index (χ2v) is 4.49. The van der Waals surface area contributed by atoms with E-state index in [1.807, 2.05) is 24.3 Å². The summed E-state index contributed by atoms with van der Waals surface area (Å²) < 4.78 is 10.3. The van der Waals surface area contributed by atoms with Gasteiger partial charge in [-0.15, -0.1) is 0 Å². The van der Waals surface area contributed by atoms with Crippen molar-refractivity contribution in [2.45, 2.75) is 0 Å². The van der Waals surface area contributed by atoms with Crippen LogP contribution in [0.3, 0.4) is 0 Å². The summed E-state index contributed by atoms with van der Waals surface area (Å²) in [6.07, 6.45) is 4.65. The van der Waals surface area contributed by atoms with E-state index in [0.29, 0.717) is 17.0 Å². The quantitative estimate of drug-likeness (QED) is 0.800. The highest BCUT2D eigenvalue weighted by Crippen LogP contribution is 2.29. The average molecular weight is 295 g/mol. The van der Waals surface area contributed by atoms with Gasteiger partial charge < -0.3 is 9.26 Å². The summed E-state index contributed by atoms with van der Waals surface area (Å²) in [5.41, 5.74) is 2.00. The summed E-state index contributed by atoms with van der Waals surface area (Å²) >= 11 is 0. The third-order valence-electron chi connectivity index (χ3n) is 3.12. The largest absolute Gasteiger partial charge is 0.497 e. The van der Waals surface area contributed by atoms with Gasteiger partial charge in [0.15, 0.2) is 0 Å². The molecule has 1 aromatic carbocycles. The molecule has 1 amide bonds. The van der Waals surface area contributed by atoms with Crippen LogP contribution in [-0.4, -0.2) is 23.2 Å². The van der Waals surface area contributed by atoms with Crippen molar-refractivity contribution < 1.29 is 14.1 Å². The number of anilines is 1. The van der Waals surface area contributed by atoms with Crippen LogP contribution in [0.4, 0.5) is 5.88 Å². The molecule has 0 aliphatic rings. The van der Waals surface area contributed by atoms with Crippen LogP contribution >= 0.6 is 0 Å². The lowest BCUT2D eigenvalue weighted by Crippen LogP contribution is -2.12. The predicted octanol–water partition coefficient (Wildman–Crippen LogP) is 3.00. The first-order chi connectivity index (χ1) is 10.8. The Hall–Kier alpha value is -3.15. The highest BCUT2D eigenvalue weighted by Gasteiger charge is 2.14. The summed E-state index contributed by atoms with van der Waals surface area (Å²) in [4.78, 5) is 16.1. The van der Waals surface area contributed by atoms with Crippen molar-refractivity contribution in [1.82, 2.24) is 10.1 Å². The first-order valence-corrected chi connectivity index (χ1v) is 6.58. The summed E-state index contributed by atoms with van der Waals surface area (Å²) in [7, 11) is 1.61. The molecule has 6 nitrogen and oxygen atoms in total. The Morgan fingerprint density at radius 2 is 2.00 bits per heavy atom. The van der Waals surface area contributed by atoms with Crippen molar-refractivity contribution in [2.75, 3.05) is 12.4 Å². The maximum atomic E-state index is 12.1. The number of hydrogen-bond donors (Lipinski definition) is 1. The van der Waals surface area contributed by atoms with E-state index >= 15 is 0 Å². The number of carbonyl (C=O) groups is 1. The lowest BCUT2D eigenvalue weighted by molar-refractivity contribution is 0.102. The smallest absolute Gasteiger partial charge is 0.259 e. The van der Waals surface area contributed by atoms with Gasteiger partial charge in [0, 0.05) is 12.4 Å². The second kappa shape index (κ2) is 6.09. The van der Waals surface area contributed by atoms with Crippen molar-refractivity contribution >= 4 is 11.8 Å². The van der Waals surface area contributed by atoms with Crippen molar-refractivity contribution in [1.29, 1.82) is 0 Å². The molecule has 0 fully saturated rings. The standard InChI is InChI=1S/C16H13N3O3/c1-21-13-6-4-11(5-7-13)14-10-18-22-16(14)19-15(20)12-3-2-8-17-9-12/h2-10H,1H3,(H,19,20). The molecule has 0 aliphatic carbocycles. The highest BCUT2D eigenvalue weighted by molar-refractivity contribution is 6.04. The number of aromatic nitrogens is 2. The van der Waals surface area contributed by atoms with Crippen molar-refractivity contribution in [3.63, 3.8) is 0 Å². The zero-order valence-electron chi connectivity index (χ0n) is 11.8. The zero-order chi connectivity index (χ0) is 15.4. The van der Waals surface area contributed by atoms with Crippen LogP contribution in [0, 0.1) is 0 Å². The minimum atomic E-state index is -0.306. The van der Waals surface area contributed by atoms with Crippen molar-refractivity contribution in [3.05, 3.63) is 60.6 Å². The highest BCUT2D eigenvalue weighted by atomic mass is 16.5. The Morgan fingerprint density at radius 1 is 1.18 bits per heavy atom. The molecule has 6 heteroatoms. The van der Waals surface area contributed by atoms with Crippen LogP contribution in [0.1, 0.15) is 10.4 Å². The SMILES string of the molecule is COc1ccc(-c2cnoc2NC(=O)c2cccnc2)cc1. The van der Waals surface area contributed by atoms with Gasteiger partial charge in [0.25, 0.3) is 5.91 Å². The maximum absolute atomic E-state index is 12.1. The fourth-order valence-electron chi connectivity index (χ4n) is 1.98. The summed E-state index contributed by atoms with van der Waals surface area (Å²) in [6.45, 7) is 0. The number of methoxy groups -OCH3 is 1. The van der Waals surface area contributed by atoms with Crippen LogP contribution in [-0.2, 0) is 0 Å². The number of pyridine rings is 1. The molecule has 2 heterocycles. The van der Waals surface area contributed by atoms with E-state index in [1.165, 1.54) is 6.20 Å². The molecule has 3 aromatic rings. The Morgan fingerprint density at radius 3 is 2.68 bits per heavy atom. The topological polar surface area (TPSA) is 77.3 Å². The number of nitrogens with zero attached hydrogens (tertiary/aromatic N) is 2. The van der Waals surface area contributed by atoms with Crippen LogP contribution < -0.4 is 10.1 Å². The van der Waals surface area contributed by atoms with E-state index in [-0.39, 0.29) is 5.91 Å². The number of nitrogens with one attached hydrogen (secondary N) is 1. The molecule has 0 saturated heterocycles. The second-order valence-electron chi connectivity index (χ2n) is 4.49. The average Bonchev–Trinajstić information content (AvgIpc) is 3.04. The number of hydrogen-bond acceptors (Lipinski definition) is 5. The van der Waals surface area contributed by atoms with Gasteiger partial charge >= 0.3 is 0 Å². The summed E-state index contributed by atoms with van der Waals surface area (Å²) in [5.74, 6) is 0.736.